The van der Waals surface area contributed by atoms with Gasteiger partial charge in [0.1, 0.15) is 10.6 Å². The number of ether oxygens (including phenoxy) is 1. The average molecular weight is 385 g/mol. The molecule has 6 nitrogen and oxygen atoms in total. The second kappa shape index (κ2) is 7.75. The van der Waals surface area contributed by atoms with Crippen LogP contribution in [0.2, 0.25) is 0 Å². The number of carbonyl (C=O) groups excluding carboxylic acids is 3. The first-order valence-electron chi connectivity index (χ1n) is 8.49. The second-order valence-electron chi connectivity index (χ2n) is 5.96. The van der Waals surface area contributed by atoms with Gasteiger partial charge in [0, 0.05) is 5.39 Å². The summed E-state index contributed by atoms with van der Waals surface area (Å²) in [4.78, 5) is 37.1. The minimum Gasteiger partial charge on any atom is -0.462 e. The maximum absolute atomic E-state index is 12.5. The molecule has 0 atom stereocenters. The van der Waals surface area contributed by atoms with E-state index in [1.165, 1.54) is 6.92 Å². The Morgan fingerprint density at radius 2 is 1.96 bits per heavy atom. The number of furan rings is 1. The molecule has 7 heteroatoms. The van der Waals surface area contributed by atoms with E-state index in [1.807, 2.05) is 18.2 Å². The molecule has 1 N–H and O–H groups in total. The average Bonchev–Trinajstić information content (AvgIpc) is 3.21. The molecule has 3 aromatic rings. The van der Waals surface area contributed by atoms with Crippen LogP contribution in [-0.4, -0.2) is 30.7 Å². The van der Waals surface area contributed by atoms with Gasteiger partial charge < -0.3 is 14.5 Å². The molecule has 0 radical (unpaired) electrons. The molecule has 27 heavy (non-hydrogen) atoms. The highest BCUT2D eigenvalue weighted by atomic mass is 32.1. The summed E-state index contributed by atoms with van der Waals surface area (Å²) in [5.74, 6) is -0.671. The van der Waals surface area contributed by atoms with Crippen LogP contribution in [0.1, 0.15) is 50.0 Å². The maximum atomic E-state index is 12.5. The smallest absolute Gasteiger partial charge is 0.341 e. The molecular formula is C20H19NO5S. The lowest BCUT2D eigenvalue weighted by molar-refractivity contribution is 0.0527. The lowest BCUT2D eigenvalue weighted by Crippen LogP contribution is -2.15. The third-order valence-electron chi connectivity index (χ3n) is 4.06. The molecular weight excluding hydrogens is 366 g/mol. The van der Waals surface area contributed by atoms with Crippen molar-refractivity contribution in [3.63, 3.8) is 0 Å². The molecule has 0 bridgehead atoms. The van der Waals surface area contributed by atoms with Gasteiger partial charge in [0.15, 0.2) is 11.5 Å². The molecule has 3 rings (SSSR count). The maximum Gasteiger partial charge on any atom is 0.341 e. The number of anilines is 1. The van der Waals surface area contributed by atoms with Gasteiger partial charge in [-0.2, -0.15) is 0 Å². The normalized spacial score (nSPS) is 10.8. The van der Waals surface area contributed by atoms with Crippen molar-refractivity contribution in [1.29, 1.82) is 0 Å². The van der Waals surface area contributed by atoms with Crippen LogP contribution in [0.5, 0.6) is 0 Å². The standard InChI is InChI=1S/C20H19NO5S/c1-4-25-20(24)17-11(2)18(12(3)22)27-19(17)21-10-14(23)16-9-13-7-5-6-8-15(13)26-16/h5-9,21H,4,10H2,1-3H3. The van der Waals surface area contributed by atoms with Gasteiger partial charge in [-0.15, -0.1) is 11.3 Å². The summed E-state index contributed by atoms with van der Waals surface area (Å²) in [6, 6.07) is 9.05. The number of esters is 1. The molecule has 0 unspecified atom stereocenters. The second-order valence-corrected chi connectivity index (χ2v) is 6.98. The zero-order valence-electron chi connectivity index (χ0n) is 15.3. The predicted octanol–water partition coefficient (Wildman–Crippen LogP) is 4.48. The third-order valence-corrected chi connectivity index (χ3v) is 5.41. The van der Waals surface area contributed by atoms with E-state index in [0.29, 0.717) is 26.6 Å². The molecule has 0 spiro atoms. The van der Waals surface area contributed by atoms with Crippen molar-refractivity contribution in [3.8, 4) is 0 Å². The molecule has 0 amide bonds. The van der Waals surface area contributed by atoms with Gasteiger partial charge in [-0.3, -0.25) is 9.59 Å². The SMILES string of the molecule is CCOC(=O)c1c(NCC(=O)c2cc3ccccc3o2)sc(C(C)=O)c1C. The minimum absolute atomic E-state index is 0.0659. The summed E-state index contributed by atoms with van der Waals surface area (Å²) in [5, 5.41) is 4.26. The summed E-state index contributed by atoms with van der Waals surface area (Å²) >= 11 is 1.15. The molecule has 0 fully saturated rings. The molecule has 0 saturated carbocycles. The summed E-state index contributed by atoms with van der Waals surface area (Å²) < 4.78 is 10.7. The Morgan fingerprint density at radius 3 is 2.63 bits per heavy atom. The fraction of sp³-hybridized carbons (Fsp3) is 0.250. The third kappa shape index (κ3) is 3.78. The monoisotopic (exact) mass is 385 g/mol. The van der Waals surface area contributed by atoms with Gasteiger partial charge >= 0.3 is 5.97 Å². The van der Waals surface area contributed by atoms with Crippen molar-refractivity contribution in [2.45, 2.75) is 20.8 Å². The summed E-state index contributed by atoms with van der Waals surface area (Å²) in [5.41, 5.74) is 1.49. The molecule has 1 aromatic carbocycles. The summed E-state index contributed by atoms with van der Waals surface area (Å²) in [7, 11) is 0. The van der Waals surface area contributed by atoms with E-state index in [2.05, 4.69) is 5.32 Å². The van der Waals surface area contributed by atoms with Crippen LogP contribution in [0.4, 0.5) is 5.00 Å². The van der Waals surface area contributed by atoms with Gasteiger partial charge in [-0.05, 0) is 38.5 Å². The van der Waals surface area contributed by atoms with Gasteiger partial charge in [-0.25, -0.2) is 4.79 Å². The number of fused-ring (bicyclic) bond motifs is 1. The number of nitrogens with one attached hydrogen (secondary N) is 1. The van der Waals surface area contributed by atoms with Crippen LogP contribution in [-0.2, 0) is 4.74 Å². The number of hydrogen-bond donors (Lipinski definition) is 1. The lowest BCUT2D eigenvalue weighted by atomic mass is 10.1. The van der Waals surface area contributed by atoms with Crippen LogP contribution < -0.4 is 5.32 Å². The highest BCUT2D eigenvalue weighted by Gasteiger charge is 2.24. The Morgan fingerprint density at radius 1 is 1.22 bits per heavy atom. The molecule has 140 valence electrons. The van der Waals surface area contributed by atoms with Crippen LogP contribution in [0.25, 0.3) is 11.0 Å². The van der Waals surface area contributed by atoms with Crippen molar-refractivity contribution < 1.29 is 23.5 Å². The zero-order chi connectivity index (χ0) is 19.6. The Hall–Kier alpha value is -2.93. The quantitative estimate of drug-likeness (QED) is 0.477. The van der Waals surface area contributed by atoms with E-state index >= 15 is 0 Å². The molecule has 0 aliphatic carbocycles. The van der Waals surface area contributed by atoms with Crippen molar-refractivity contribution >= 4 is 44.8 Å². The minimum atomic E-state index is -0.516. The topological polar surface area (TPSA) is 85.6 Å². The highest BCUT2D eigenvalue weighted by Crippen LogP contribution is 2.34. The number of para-hydroxylation sites is 1. The number of rotatable bonds is 7. The van der Waals surface area contributed by atoms with Crippen molar-refractivity contribution in [2.24, 2.45) is 0 Å². The van der Waals surface area contributed by atoms with Crippen LogP contribution in [0.15, 0.2) is 34.7 Å². The Labute approximate surface area is 160 Å². The van der Waals surface area contributed by atoms with Crippen LogP contribution in [0.3, 0.4) is 0 Å². The van der Waals surface area contributed by atoms with E-state index in [4.69, 9.17) is 9.15 Å². The highest BCUT2D eigenvalue weighted by molar-refractivity contribution is 7.18. The van der Waals surface area contributed by atoms with E-state index in [0.717, 1.165) is 16.7 Å². The van der Waals surface area contributed by atoms with Crippen molar-refractivity contribution in [1.82, 2.24) is 0 Å². The van der Waals surface area contributed by atoms with Crippen LogP contribution in [0, 0.1) is 6.92 Å². The van der Waals surface area contributed by atoms with Crippen molar-refractivity contribution in [3.05, 3.63) is 52.1 Å². The molecule has 0 aliphatic heterocycles. The van der Waals surface area contributed by atoms with E-state index in [9.17, 15) is 14.4 Å². The fourth-order valence-electron chi connectivity index (χ4n) is 2.79. The summed E-state index contributed by atoms with van der Waals surface area (Å²) in [6.45, 7) is 5.01. The van der Waals surface area contributed by atoms with Gasteiger partial charge in [-0.1, -0.05) is 18.2 Å². The number of hydrogen-bond acceptors (Lipinski definition) is 7. The van der Waals surface area contributed by atoms with E-state index < -0.39 is 5.97 Å². The number of carbonyl (C=O) groups is 3. The first kappa shape index (κ1) is 18.8. The summed E-state index contributed by atoms with van der Waals surface area (Å²) in [6.07, 6.45) is 0. The predicted molar refractivity (Wildman–Crippen MR) is 104 cm³/mol. The fourth-order valence-corrected chi connectivity index (χ4v) is 3.88. The van der Waals surface area contributed by atoms with Crippen molar-refractivity contribution in [2.75, 3.05) is 18.5 Å². The van der Waals surface area contributed by atoms with E-state index in [1.54, 1.807) is 26.0 Å². The Bertz CT molecular complexity index is 997. The van der Waals surface area contributed by atoms with Gasteiger partial charge in [0.05, 0.1) is 23.6 Å². The first-order chi connectivity index (χ1) is 12.9. The zero-order valence-corrected chi connectivity index (χ0v) is 16.1. The first-order valence-corrected chi connectivity index (χ1v) is 9.31. The van der Waals surface area contributed by atoms with Gasteiger partial charge in [0.25, 0.3) is 0 Å². The largest absolute Gasteiger partial charge is 0.462 e. The molecule has 2 heterocycles. The van der Waals surface area contributed by atoms with E-state index in [-0.39, 0.29) is 30.5 Å². The molecule has 2 aromatic heterocycles. The van der Waals surface area contributed by atoms with Gasteiger partial charge in [0.2, 0.25) is 5.78 Å². The number of ketones is 2. The Balaban J connectivity index is 1.84. The lowest BCUT2D eigenvalue weighted by Gasteiger charge is -2.06. The number of benzene rings is 1. The number of Topliss-reactive ketones (excluding diaryl/α,β-unsaturated/α-hetero) is 2. The molecule has 0 saturated heterocycles. The number of thiophene rings is 1. The van der Waals surface area contributed by atoms with Crippen LogP contribution >= 0.6 is 11.3 Å². The molecule has 0 aliphatic rings. The Kier molecular flexibility index (Phi) is 5.41.